The first-order valence-electron chi connectivity index (χ1n) is 3.51. The quantitative estimate of drug-likeness (QED) is 0.450. The predicted molar refractivity (Wildman–Crippen MR) is 45.7 cm³/mol. The molecule has 0 saturated heterocycles. The lowest BCUT2D eigenvalue weighted by Crippen LogP contribution is -1.75. The van der Waals surface area contributed by atoms with Gasteiger partial charge in [0.25, 0.3) is 0 Å². The monoisotopic (exact) mass is 160 g/mol. The zero-order valence-corrected chi connectivity index (χ0v) is 7.14. The number of hydrogen-bond acceptors (Lipinski definition) is 1. The van der Waals surface area contributed by atoms with E-state index in [-0.39, 0.29) is 6.01 Å². The van der Waals surface area contributed by atoms with Crippen molar-refractivity contribution in [3.05, 3.63) is 0 Å². The third-order valence-electron chi connectivity index (χ3n) is 0.949. The molecular weight excluding hydrogens is 147 g/mol. The number of hydrogen-bond donors (Lipinski definition) is 0. The topological polar surface area (TPSA) is 0 Å². The van der Waals surface area contributed by atoms with Crippen molar-refractivity contribution >= 4 is 11.8 Å². The fourth-order valence-corrected chi connectivity index (χ4v) is 0.835. The summed E-state index contributed by atoms with van der Waals surface area (Å²) in [4.78, 5) is 0. The van der Waals surface area contributed by atoms with Gasteiger partial charge in [0.1, 0.15) is 6.01 Å². The summed E-state index contributed by atoms with van der Waals surface area (Å²) >= 11 is 1.30. The molecule has 0 atom stereocenters. The molecular formula is C8H13FS. The molecule has 0 radical (unpaired) electrons. The van der Waals surface area contributed by atoms with Crippen LogP contribution in [-0.4, -0.2) is 11.8 Å². The molecule has 0 saturated carbocycles. The third kappa shape index (κ3) is 7.84. The van der Waals surface area contributed by atoms with Crippen LogP contribution in [-0.2, 0) is 0 Å². The molecule has 58 valence electrons. The zero-order valence-electron chi connectivity index (χ0n) is 6.32. The maximum absolute atomic E-state index is 11.5. The molecule has 0 aliphatic carbocycles. The summed E-state index contributed by atoms with van der Waals surface area (Å²) in [6.45, 7) is 2.10. The summed E-state index contributed by atoms with van der Waals surface area (Å²) in [5.74, 6) is 6.82. The van der Waals surface area contributed by atoms with Gasteiger partial charge in [0.15, 0.2) is 0 Å². The van der Waals surface area contributed by atoms with E-state index in [4.69, 9.17) is 0 Å². The van der Waals surface area contributed by atoms with Gasteiger partial charge in [0.05, 0.1) is 0 Å². The van der Waals surface area contributed by atoms with E-state index in [9.17, 15) is 4.39 Å². The molecule has 0 fully saturated rings. The van der Waals surface area contributed by atoms with Gasteiger partial charge < -0.3 is 0 Å². The third-order valence-corrected chi connectivity index (χ3v) is 1.60. The van der Waals surface area contributed by atoms with E-state index in [1.165, 1.54) is 11.8 Å². The van der Waals surface area contributed by atoms with E-state index in [0.717, 1.165) is 25.0 Å². The molecule has 0 bridgehead atoms. The van der Waals surface area contributed by atoms with Crippen molar-refractivity contribution in [2.45, 2.75) is 26.2 Å². The minimum atomic E-state index is -0.282. The number of rotatable bonds is 4. The lowest BCUT2D eigenvalue weighted by molar-refractivity contribution is 0.605. The molecule has 0 rings (SSSR count). The van der Waals surface area contributed by atoms with Crippen LogP contribution in [0.15, 0.2) is 0 Å². The van der Waals surface area contributed by atoms with E-state index in [2.05, 4.69) is 18.8 Å². The Morgan fingerprint density at radius 2 is 2.00 bits per heavy atom. The Kier molecular flexibility index (Phi) is 8.70. The van der Waals surface area contributed by atoms with E-state index in [1.807, 2.05) is 0 Å². The predicted octanol–water partition coefficient (Wildman–Crippen LogP) is 2.84. The molecule has 0 amide bonds. The highest BCUT2D eigenvalue weighted by atomic mass is 32.2. The van der Waals surface area contributed by atoms with Gasteiger partial charge in [0.2, 0.25) is 0 Å². The van der Waals surface area contributed by atoms with Gasteiger partial charge in [-0.25, -0.2) is 4.39 Å². The van der Waals surface area contributed by atoms with Gasteiger partial charge in [-0.2, -0.15) is 0 Å². The van der Waals surface area contributed by atoms with Crippen molar-refractivity contribution in [1.29, 1.82) is 0 Å². The molecule has 0 aromatic heterocycles. The molecule has 0 spiro atoms. The molecule has 0 aliphatic rings. The van der Waals surface area contributed by atoms with Crippen LogP contribution in [0.4, 0.5) is 4.39 Å². The normalized spacial score (nSPS) is 8.60. The summed E-state index contributed by atoms with van der Waals surface area (Å²) in [5.41, 5.74) is 0. The summed E-state index contributed by atoms with van der Waals surface area (Å²) in [6.07, 6.45) is 2.91. The molecule has 0 N–H and O–H groups in total. The van der Waals surface area contributed by atoms with Gasteiger partial charge in [-0.3, -0.25) is 0 Å². The van der Waals surface area contributed by atoms with Crippen molar-refractivity contribution < 1.29 is 4.39 Å². The van der Waals surface area contributed by atoms with Gasteiger partial charge in [-0.15, -0.1) is 23.6 Å². The van der Waals surface area contributed by atoms with Crippen molar-refractivity contribution in [3.8, 4) is 11.8 Å². The fraction of sp³-hybridized carbons (Fsp3) is 0.750. The average Bonchev–Trinajstić information content (AvgIpc) is 1.97. The molecule has 10 heavy (non-hydrogen) atoms. The molecule has 0 aromatic rings. The number of halogens is 1. The van der Waals surface area contributed by atoms with E-state index >= 15 is 0 Å². The molecule has 0 aromatic carbocycles. The van der Waals surface area contributed by atoms with E-state index in [0.29, 0.717) is 0 Å². The molecule has 0 heterocycles. The Hall–Kier alpha value is -0.160. The number of alkyl halides is 1. The van der Waals surface area contributed by atoms with Crippen LogP contribution >= 0.6 is 11.8 Å². The Morgan fingerprint density at radius 1 is 1.30 bits per heavy atom. The van der Waals surface area contributed by atoms with Crippen molar-refractivity contribution in [1.82, 2.24) is 0 Å². The van der Waals surface area contributed by atoms with Crippen LogP contribution in [0, 0.1) is 11.8 Å². The number of unbranched alkanes of at least 4 members (excludes halogenated alkanes) is 1. The maximum Gasteiger partial charge on any atom is 0.135 e. The first kappa shape index (κ1) is 9.84. The molecule has 0 nitrogen and oxygen atoms in total. The summed E-state index contributed by atoms with van der Waals surface area (Å²) < 4.78 is 11.5. The average molecular weight is 160 g/mol. The van der Waals surface area contributed by atoms with Crippen LogP contribution in [0.25, 0.3) is 0 Å². The van der Waals surface area contributed by atoms with Gasteiger partial charge in [-0.1, -0.05) is 6.92 Å². The fourth-order valence-electron chi connectivity index (χ4n) is 0.480. The van der Waals surface area contributed by atoms with Crippen molar-refractivity contribution in [3.63, 3.8) is 0 Å². The summed E-state index contributed by atoms with van der Waals surface area (Å²) in [6, 6.07) is -0.282. The van der Waals surface area contributed by atoms with Gasteiger partial charge in [0, 0.05) is 18.6 Å². The second-order valence-electron chi connectivity index (χ2n) is 1.87. The molecule has 2 heteroatoms. The lowest BCUT2D eigenvalue weighted by Gasteiger charge is -1.86. The van der Waals surface area contributed by atoms with E-state index < -0.39 is 0 Å². The maximum atomic E-state index is 11.5. The van der Waals surface area contributed by atoms with Crippen LogP contribution in [0.2, 0.25) is 0 Å². The number of thioether (sulfide) groups is 1. The Bertz CT molecular complexity index is 112. The second kappa shape index (κ2) is 8.84. The van der Waals surface area contributed by atoms with Crippen LogP contribution < -0.4 is 0 Å². The van der Waals surface area contributed by atoms with Crippen molar-refractivity contribution in [2.24, 2.45) is 0 Å². The zero-order chi connectivity index (χ0) is 7.66. The minimum absolute atomic E-state index is 0.282. The first-order chi connectivity index (χ1) is 4.91. The standard InChI is InChI=1S/C8H13FS/c1-2-3-4-5-6-7-10-8-9/h2-3,6-8H2,1H3. The Labute approximate surface area is 66.6 Å². The Balaban J connectivity index is 2.96. The Morgan fingerprint density at radius 3 is 2.60 bits per heavy atom. The van der Waals surface area contributed by atoms with Crippen LogP contribution in [0.5, 0.6) is 0 Å². The second-order valence-corrected chi connectivity index (χ2v) is 2.91. The highest BCUT2D eigenvalue weighted by Gasteiger charge is 1.81. The lowest BCUT2D eigenvalue weighted by atomic mass is 10.3. The largest absolute Gasteiger partial charge is 0.239 e. The highest BCUT2D eigenvalue weighted by Crippen LogP contribution is 2.00. The van der Waals surface area contributed by atoms with E-state index in [1.54, 1.807) is 0 Å². The SMILES string of the molecule is CCCC#CCCSCF. The smallest absolute Gasteiger partial charge is 0.135 e. The van der Waals surface area contributed by atoms with Crippen molar-refractivity contribution in [2.75, 3.05) is 11.8 Å². The molecule has 0 aliphatic heterocycles. The highest BCUT2D eigenvalue weighted by molar-refractivity contribution is 7.99. The van der Waals surface area contributed by atoms with Gasteiger partial charge >= 0.3 is 0 Å². The summed E-state index contributed by atoms with van der Waals surface area (Å²) in [7, 11) is 0. The van der Waals surface area contributed by atoms with Crippen LogP contribution in [0.1, 0.15) is 26.2 Å². The van der Waals surface area contributed by atoms with Crippen LogP contribution in [0.3, 0.4) is 0 Å². The minimum Gasteiger partial charge on any atom is -0.239 e. The first-order valence-corrected chi connectivity index (χ1v) is 4.66. The molecule has 0 unspecified atom stereocenters. The van der Waals surface area contributed by atoms with Gasteiger partial charge in [-0.05, 0) is 6.42 Å². The summed E-state index contributed by atoms with van der Waals surface area (Å²) in [5, 5.41) is 0.